The maximum absolute atomic E-state index is 10.6. The summed E-state index contributed by atoms with van der Waals surface area (Å²) in [6.45, 7) is 11.6. The highest BCUT2D eigenvalue weighted by molar-refractivity contribution is 6.09. The highest BCUT2D eigenvalue weighted by Crippen LogP contribution is 2.35. The summed E-state index contributed by atoms with van der Waals surface area (Å²) in [6, 6.07) is 13.0. The molecule has 2 aromatic carbocycles. The minimum absolute atomic E-state index is 0.279. The molecule has 0 aliphatic carbocycles. The number of aryl methyl sites for hydroxylation is 4. The molecule has 0 aromatic heterocycles. The van der Waals surface area contributed by atoms with Crippen molar-refractivity contribution >= 4 is 23.3 Å². The van der Waals surface area contributed by atoms with Crippen molar-refractivity contribution in [3.05, 3.63) is 58.7 Å². The molecule has 0 saturated carbocycles. The monoisotopic (exact) mass is 421 g/mol. The first-order valence-corrected chi connectivity index (χ1v) is 9.44. The smallest absolute Gasteiger partial charge is 0.475 e. The van der Waals surface area contributed by atoms with Gasteiger partial charge in [0.05, 0.1) is 6.04 Å². The molecule has 1 aliphatic rings. The molecule has 30 heavy (non-hydrogen) atoms. The molecule has 2 aromatic rings. The third-order valence-electron chi connectivity index (χ3n) is 5.00. The predicted molar refractivity (Wildman–Crippen MR) is 113 cm³/mol. The van der Waals surface area contributed by atoms with Crippen LogP contribution in [0.1, 0.15) is 29.2 Å². The van der Waals surface area contributed by atoms with Crippen LogP contribution in [0.2, 0.25) is 0 Å². The zero-order valence-corrected chi connectivity index (χ0v) is 17.6. The number of alkyl halides is 3. The Bertz CT molecular complexity index is 917. The Balaban J connectivity index is 0.000000396. The van der Waals surface area contributed by atoms with E-state index in [4.69, 9.17) is 15.3 Å². The molecule has 0 bridgehead atoms. The largest absolute Gasteiger partial charge is 0.490 e. The maximum atomic E-state index is 10.6. The number of carboxylic acids is 1. The van der Waals surface area contributed by atoms with Gasteiger partial charge in [-0.05, 0) is 56.9 Å². The molecule has 1 fully saturated rings. The van der Waals surface area contributed by atoms with E-state index in [1.54, 1.807) is 0 Å². The average molecular weight is 421 g/mol. The summed E-state index contributed by atoms with van der Waals surface area (Å²) in [5.74, 6) is -2.18. The molecule has 1 aliphatic heterocycles. The Labute approximate surface area is 174 Å². The molecular weight excluding hydrogens is 395 g/mol. The maximum Gasteiger partial charge on any atom is 0.490 e. The van der Waals surface area contributed by atoms with Crippen LogP contribution >= 0.6 is 0 Å². The fraction of sp³-hybridized carbons (Fsp3) is 0.364. The van der Waals surface area contributed by atoms with E-state index in [2.05, 4.69) is 80.8 Å². The lowest BCUT2D eigenvalue weighted by molar-refractivity contribution is -0.192. The van der Waals surface area contributed by atoms with Crippen LogP contribution in [0.4, 0.5) is 24.5 Å². The summed E-state index contributed by atoms with van der Waals surface area (Å²) >= 11 is 0. The van der Waals surface area contributed by atoms with E-state index in [0.717, 1.165) is 6.54 Å². The number of guanidine groups is 1. The molecule has 5 nitrogen and oxygen atoms in total. The molecule has 0 radical (unpaired) electrons. The summed E-state index contributed by atoms with van der Waals surface area (Å²) < 4.78 is 31.7. The molecule has 0 amide bonds. The summed E-state index contributed by atoms with van der Waals surface area (Å²) in [6.07, 6.45) is -5.08. The number of rotatable bonds is 2. The molecule has 8 heteroatoms. The number of hydrogen-bond acceptors (Lipinski definition) is 2. The number of nitrogens with one attached hydrogen (secondary N) is 1. The van der Waals surface area contributed by atoms with Crippen molar-refractivity contribution in [3.63, 3.8) is 0 Å². The number of hydrogen-bond donors (Lipinski definition) is 2. The highest BCUT2D eigenvalue weighted by atomic mass is 19.4. The zero-order chi connectivity index (χ0) is 22.8. The Morgan fingerprint density at radius 3 is 1.70 bits per heavy atom. The lowest BCUT2D eigenvalue weighted by Crippen LogP contribution is -2.36. The van der Waals surface area contributed by atoms with Crippen molar-refractivity contribution in [2.75, 3.05) is 16.3 Å². The third-order valence-corrected chi connectivity index (χ3v) is 5.00. The summed E-state index contributed by atoms with van der Waals surface area (Å²) in [5, 5.41) is 15.9. The van der Waals surface area contributed by atoms with Crippen LogP contribution in [0.3, 0.4) is 0 Å². The second-order valence-corrected chi connectivity index (χ2v) is 7.44. The van der Waals surface area contributed by atoms with E-state index in [1.165, 1.54) is 33.6 Å². The Morgan fingerprint density at radius 1 is 0.967 bits per heavy atom. The normalized spacial score (nSPS) is 16.4. The number of halogens is 3. The van der Waals surface area contributed by atoms with Crippen LogP contribution in [-0.4, -0.2) is 35.8 Å². The molecular formula is C22H26F3N3O2. The van der Waals surface area contributed by atoms with Crippen molar-refractivity contribution in [1.29, 1.82) is 5.41 Å². The van der Waals surface area contributed by atoms with Gasteiger partial charge >= 0.3 is 12.1 Å². The minimum Gasteiger partial charge on any atom is -0.475 e. The van der Waals surface area contributed by atoms with Gasteiger partial charge in [0.15, 0.2) is 0 Å². The first-order chi connectivity index (χ1) is 13.9. The van der Waals surface area contributed by atoms with Crippen LogP contribution in [-0.2, 0) is 4.79 Å². The lowest BCUT2D eigenvalue weighted by atomic mass is 10.1. The van der Waals surface area contributed by atoms with Crippen molar-refractivity contribution in [1.82, 2.24) is 0 Å². The van der Waals surface area contributed by atoms with Gasteiger partial charge in [0.2, 0.25) is 5.96 Å². The van der Waals surface area contributed by atoms with Gasteiger partial charge < -0.3 is 14.9 Å². The van der Waals surface area contributed by atoms with E-state index in [0.29, 0.717) is 5.96 Å². The van der Waals surface area contributed by atoms with E-state index in [-0.39, 0.29) is 6.04 Å². The van der Waals surface area contributed by atoms with Crippen molar-refractivity contribution in [2.45, 2.75) is 46.8 Å². The van der Waals surface area contributed by atoms with E-state index < -0.39 is 12.1 Å². The zero-order valence-electron chi connectivity index (χ0n) is 17.6. The molecule has 1 unspecified atom stereocenters. The van der Waals surface area contributed by atoms with Crippen LogP contribution in [0, 0.1) is 33.1 Å². The Kier molecular flexibility index (Phi) is 6.80. The van der Waals surface area contributed by atoms with Gasteiger partial charge in [0.1, 0.15) is 0 Å². The summed E-state index contributed by atoms with van der Waals surface area (Å²) in [7, 11) is 0. The van der Waals surface area contributed by atoms with Crippen LogP contribution in [0.25, 0.3) is 0 Å². The number of para-hydroxylation sites is 2. The van der Waals surface area contributed by atoms with Gasteiger partial charge in [-0.2, -0.15) is 13.2 Å². The molecule has 1 heterocycles. The molecule has 0 spiro atoms. The molecule has 3 rings (SSSR count). The van der Waals surface area contributed by atoms with Crippen LogP contribution < -0.4 is 9.80 Å². The quantitative estimate of drug-likeness (QED) is 0.699. The van der Waals surface area contributed by atoms with Gasteiger partial charge in [-0.3, -0.25) is 5.41 Å². The fourth-order valence-corrected chi connectivity index (χ4v) is 3.71. The second kappa shape index (κ2) is 8.77. The number of benzene rings is 2. The van der Waals surface area contributed by atoms with Gasteiger partial charge in [-0.15, -0.1) is 0 Å². The van der Waals surface area contributed by atoms with Crippen LogP contribution in [0.15, 0.2) is 36.4 Å². The summed E-state index contributed by atoms with van der Waals surface area (Å²) in [5.41, 5.74) is 7.27. The van der Waals surface area contributed by atoms with E-state index in [1.807, 2.05) is 0 Å². The number of anilines is 2. The van der Waals surface area contributed by atoms with Gasteiger partial charge in [-0.25, -0.2) is 4.79 Å². The fourth-order valence-electron chi connectivity index (χ4n) is 3.71. The predicted octanol–water partition coefficient (Wildman–Crippen LogP) is 5.20. The average Bonchev–Trinajstić information content (AvgIpc) is 2.90. The number of carbonyl (C=O) groups is 1. The van der Waals surface area contributed by atoms with Gasteiger partial charge in [0, 0.05) is 17.9 Å². The molecule has 162 valence electrons. The van der Waals surface area contributed by atoms with Gasteiger partial charge in [-0.1, -0.05) is 36.4 Å². The summed E-state index contributed by atoms with van der Waals surface area (Å²) in [4.78, 5) is 13.2. The first-order valence-electron chi connectivity index (χ1n) is 9.44. The van der Waals surface area contributed by atoms with Crippen molar-refractivity contribution in [3.8, 4) is 0 Å². The standard InChI is InChI=1S/C20H25N3.C2HF3O2/c1-13-8-6-9-14(2)18(13)22-12-17(5)23(20(22)21)19-15(3)10-7-11-16(19)4;3-2(4,5)1(6)7/h6-11,17,21H,12H2,1-5H3;(H,6,7). The Morgan fingerprint density at radius 2 is 1.33 bits per heavy atom. The first kappa shape index (κ1) is 23.3. The minimum atomic E-state index is -5.08. The van der Waals surface area contributed by atoms with E-state index >= 15 is 0 Å². The molecule has 2 N–H and O–H groups in total. The number of aliphatic carboxylic acids is 1. The third kappa shape index (κ3) is 4.75. The SMILES string of the molecule is Cc1cccc(C)c1N1CC(C)N(c2c(C)cccc2C)C1=N.O=C(O)C(F)(F)F. The molecule has 1 atom stereocenters. The van der Waals surface area contributed by atoms with E-state index in [9.17, 15) is 13.2 Å². The van der Waals surface area contributed by atoms with Crippen molar-refractivity contribution < 1.29 is 23.1 Å². The number of nitrogens with zero attached hydrogens (tertiary/aromatic N) is 2. The van der Waals surface area contributed by atoms with Crippen LogP contribution in [0.5, 0.6) is 0 Å². The van der Waals surface area contributed by atoms with Crippen molar-refractivity contribution in [2.24, 2.45) is 0 Å². The topological polar surface area (TPSA) is 67.6 Å². The highest BCUT2D eigenvalue weighted by Gasteiger charge is 2.38. The Hall–Kier alpha value is -3.03. The lowest BCUT2D eigenvalue weighted by Gasteiger charge is -2.28. The number of carboxylic acid groups (broad SMARTS) is 1. The molecule has 1 saturated heterocycles. The van der Waals surface area contributed by atoms with Gasteiger partial charge in [0.25, 0.3) is 0 Å². The second-order valence-electron chi connectivity index (χ2n) is 7.44.